The van der Waals surface area contributed by atoms with Gasteiger partial charge >= 0.3 is 0 Å². The minimum Gasteiger partial charge on any atom is -0.398 e. The molecule has 24 heavy (non-hydrogen) atoms. The summed E-state index contributed by atoms with van der Waals surface area (Å²) in [5, 5.41) is 10.8. The number of nitrogens with two attached hydrogens (primary N) is 1. The van der Waals surface area contributed by atoms with Crippen LogP contribution < -0.4 is 5.73 Å². The van der Waals surface area contributed by atoms with E-state index in [1.54, 1.807) is 6.07 Å². The number of hydrogen-bond donors (Lipinski definition) is 2. The number of aliphatic hydroxyl groups excluding tert-OH is 1. The van der Waals surface area contributed by atoms with Gasteiger partial charge in [0.1, 0.15) is 0 Å². The summed E-state index contributed by atoms with van der Waals surface area (Å²) in [6.07, 6.45) is 3.10. The molecule has 1 amide bonds. The number of nitrogens with zero attached hydrogens (tertiary/aromatic N) is 1. The fraction of sp³-hybridized carbons (Fsp3) is 0.632. The number of carbonyl (C=O) groups excluding carboxylic acids is 1. The molecule has 2 aliphatic rings. The normalized spacial score (nSPS) is 33.9. The summed E-state index contributed by atoms with van der Waals surface area (Å²) in [5.74, 6) is 0.742. The van der Waals surface area contributed by atoms with Gasteiger partial charge in [0.2, 0.25) is 5.91 Å². The Labute approximate surface area is 149 Å². The van der Waals surface area contributed by atoms with E-state index in [9.17, 15) is 9.90 Å². The lowest BCUT2D eigenvalue weighted by Gasteiger charge is -2.40. The van der Waals surface area contributed by atoms with Crippen LogP contribution in [-0.4, -0.2) is 34.6 Å². The molecule has 0 bridgehead atoms. The zero-order chi connectivity index (χ0) is 17.4. The van der Waals surface area contributed by atoms with Crippen LogP contribution in [0.3, 0.4) is 0 Å². The molecule has 3 rings (SSSR count). The molecule has 0 radical (unpaired) electrons. The van der Waals surface area contributed by atoms with Gasteiger partial charge in [-0.3, -0.25) is 4.79 Å². The number of likely N-dealkylation sites (tertiary alicyclic amines) is 1. The average Bonchev–Trinajstić information content (AvgIpc) is 2.88. The summed E-state index contributed by atoms with van der Waals surface area (Å²) < 4.78 is 0. The predicted octanol–water partition coefficient (Wildman–Crippen LogP) is 3.11. The van der Waals surface area contributed by atoms with Crippen LogP contribution in [0.25, 0.3) is 0 Å². The molecular formula is C19H27ClN2O2. The van der Waals surface area contributed by atoms with E-state index in [2.05, 4.69) is 18.7 Å². The van der Waals surface area contributed by atoms with Gasteiger partial charge < -0.3 is 15.7 Å². The number of rotatable bonds is 3. The first-order valence-electron chi connectivity index (χ1n) is 8.89. The van der Waals surface area contributed by atoms with Crippen molar-refractivity contribution >= 4 is 23.2 Å². The second-order valence-electron chi connectivity index (χ2n) is 7.63. The van der Waals surface area contributed by atoms with Gasteiger partial charge in [-0.25, -0.2) is 0 Å². The molecule has 3 unspecified atom stereocenters. The lowest BCUT2D eigenvalue weighted by Crippen LogP contribution is -2.46. The Kier molecular flexibility index (Phi) is 5.07. The van der Waals surface area contributed by atoms with Crippen molar-refractivity contribution in [1.82, 2.24) is 4.90 Å². The predicted molar refractivity (Wildman–Crippen MR) is 96.7 cm³/mol. The Balaban J connectivity index is 1.67. The highest BCUT2D eigenvalue weighted by molar-refractivity contribution is 6.30. The van der Waals surface area contributed by atoms with E-state index in [-0.39, 0.29) is 35.8 Å². The van der Waals surface area contributed by atoms with E-state index in [4.69, 9.17) is 17.3 Å². The van der Waals surface area contributed by atoms with Crippen molar-refractivity contribution in [3.05, 3.63) is 28.8 Å². The molecule has 3 atom stereocenters. The van der Waals surface area contributed by atoms with Crippen LogP contribution in [0.4, 0.5) is 5.69 Å². The lowest BCUT2D eigenvalue weighted by molar-refractivity contribution is -0.135. The van der Waals surface area contributed by atoms with Gasteiger partial charge in [-0.15, -0.1) is 0 Å². The highest BCUT2D eigenvalue weighted by atomic mass is 35.5. The highest BCUT2D eigenvalue weighted by Gasteiger charge is 2.41. The summed E-state index contributed by atoms with van der Waals surface area (Å²) in [6.45, 7) is 4.98. The number of hydrogen-bond acceptors (Lipinski definition) is 3. The zero-order valence-electron chi connectivity index (χ0n) is 14.4. The molecule has 2 fully saturated rings. The third-order valence-corrected chi connectivity index (χ3v) is 6.05. The standard InChI is InChI=1S/C19H27ClN2O2/c1-11-7-16(8-12(2)18(11)23)22-6-5-14(19(22)24)9-13-3-4-15(20)10-17(13)21/h3-4,10-12,14,16,18,23H,5-9,21H2,1-2H3. The van der Waals surface area contributed by atoms with E-state index >= 15 is 0 Å². The third kappa shape index (κ3) is 3.40. The van der Waals surface area contributed by atoms with Gasteiger partial charge in [-0.2, -0.15) is 0 Å². The molecule has 3 N–H and O–H groups in total. The average molecular weight is 351 g/mol. The van der Waals surface area contributed by atoms with Crippen molar-refractivity contribution < 1.29 is 9.90 Å². The van der Waals surface area contributed by atoms with Crippen LogP contribution >= 0.6 is 11.6 Å². The maximum atomic E-state index is 12.9. The van der Waals surface area contributed by atoms with E-state index < -0.39 is 0 Å². The first kappa shape index (κ1) is 17.6. The molecule has 1 heterocycles. The Morgan fingerprint density at radius 3 is 2.58 bits per heavy atom. The Morgan fingerprint density at radius 2 is 1.96 bits per heavy atom. The number of amides is 1. The largest absolute Gasteiger partial charge is 0.398 e. The van der Waals surface area contributed by atoms with Gasteiger partial charge in [-0.1, -0.05) is 31.5 Å². The van der Waals surface area contributed by atoms with Gasteiger partial charge in [0.05, 0.1) is 6.10 Å². The van der Waals surface area contributed by atoms with Crippen LogP contribution in [0.2, 0.25) is 5.02 Å². The van der Waals surface area contributed by atoms with Gasteiger partial charge in [0.15, 0.2) is 0 Å². The summed E-state index contributed by atoms with van der Waals surface area (Å²) in [6, 6.07) is 5.77. The number of nitrogen functional groups attached to an aromatic ring is 1. The van der Waals surface area contributed by atoms with Crippen LogP contribution in [0.5, 0.6) is 0 Å². The lowest BCUT2D eigenvalue weighted by atomic mass is 9.77. The topological polar surface area (TPSA) is 66.6 Å². The molecule has 1 saturated heterocycles. The first-order chi connectivity index (χ1) is 11.4. The van der Waals surface area contributed by atoms with Gasteiger partial charge in [-0.05, 0) is 55.2 Å². The quantitative estimate of drug-likeness (QED) is 0.823. The minimum atomic E-state index is -0.247. The smallest absolute Gasteiger partial charge is 0.226 e. The number of benzene rings is 1. The molecule has 1 aliphatic heterocycles. The Bertz CT molecular complexity index is 609. The van der Waals surface area contributed by atoms with Gasteiger partial charge in [0, 0.05) is 29.2 Å². The van der Waals surface area contributed by atoms with Crippen molar-refractivity contribution in [3.63, 3.8) is 0 Å². The van der Waals surface area contributed by atoms with Crippen molar-refractivity contribution in [2.75, 3.05) is 12.3 Å². The Hall–Kier alpha value is -1.26. The van der Waals surface area contributed by atoms with Crippen molar-refractivity contribution in [1.29, 1.82) is 0 Å². The fourth-order valence-corrected chi connectivity index (χ4v) is 4.56. The monoisotopic (exact) mass is 350 g/mol. The number of anilines is 1. The van der Waals surface area contributed by atoms with Crippen LogP contribution in [0.15, 0.2) is 18.2 Å². The molecule has 0 aromatic heterocycles. The molecule has 4 nitrogen and oxygen atoms in total. The number of carbonyl (C=O) groups is 1. The van der Waals surface area contributed by atoms with Crippen molar-refractivity contribution in [2.24, 2.45) is 17.8 Å². The number of halogens is 1. The molecule has 1 saturated carbocycles. The number of aliphatic hydroxyl groups is 1. The van der Waals surface area contributed by atoms with Crippen molar-refractivity contribution in [2.45, 2.75) is 51.7 Å². The molecule has 1 aromatic rings. The summed E-state index contributed by atoms with van der Waals surface area (Å²) in [5.41, 5.74) is 7.70. The second-order valence-corrected chi connectivity index (χ2v) is 8.07. The molecule has 1 aliphatic carbocycles. The molecular weight excluding hydrogens is 324 g/mol. The Morgan fingerprint density at radius 1 is 1.29 bits per heavy atom. The van der Waals surface area contributed by atoms with Crippen LogP contribution in [0, 0.1) is 17.8 Å². The summed E-state index contributed by atoms with van der Waals surface area (Å²) in [7, 11) is 0. The summed E-state index contributed by atoms with van der Waals surface area (Å²) >= 11 is 5.95. The zero-order valence-corrected chi connectivity index (χ0v) is 15.2. The molecule has 0 spiro atoms. The SMILES string of the molecule is CC1CC(N2CCC(Cc3ccc(Cl)cc3N)C2=O)CC(C)C1O. The van der Waals surface area contributed by atoms with Crippen LogP contribution in [-0.2, 0) is 11.2 Å². The molecule has 5 heteroatoms. The van der Waals surface area contributed by atoms with E-state index in [0.29, 0.717) is 17.1 Å². The molecule has 132 valence electrons. The fourth-order valence-electron chi connectivity index (χ4n) is 4.38. The first-order valence-corrected chi connectivity index (χ1v) is 9.27. The molecule has 1 aromatic carbocycles. The maximum absolute atomic E-state index is 12.9. The van der Waals surface area contributed by atoms with Crippen molar-refractivity contribution in [3.8, 4) is 0 Å². The van der Waals surface area contributed by atoms with E-state index in [1.807, 2.05) is 12.1 Å². The van der Waals surface area contributed by atoms with Gasteiger partial charge in [0.25, 0.3) is 0 Å². The minimum absolute atomic E-state index is 0.00550. The highest BCUT2D eigenvalue weighted by Crippen LogP contribution is 2.36. The second kappa shape index (κ2) is 6.93. The van der Waals surface area contributed by atoms with Crippen LogP contribution in [0.1, 0.15) is 38.7 Å². The van der Waals surface area contributed by atoms with E-state index in [1.165, 1.54) is 0 Å². The van der Waals surface area contributed by atoms with E-state index in [0.717, 1.165) is 31.4 Å². The summed E-state index contributed by atoms with van der Waals surface area (Å²) in [4.78, 5) is 14.9. The maximum Gasteiger partial charge on any atom is 0.226 e. The third-order valence-electron chi connectivity index (χ3n) is 5.82.